The number of aromatic nitrogens is 4. The minimum atomic E-state index is 0.232. The molecule has 0 atom stereocenters. The lowest BCUT2D eigenvalue weighted by atomic mass is 10.1. The number of anilines is 1. The second-order valence-electron chi connectivity index (χ2n) is 6.54. The highest BCUT2D eigenvalue weighted by molar-refractivity contribution is 6.11. The van der Waals surface area contributed by atoms with Gasteiger partial charge in [-0.25, -0.2) is 20.8 Å². The number of nitrogen functional groups attached to an aromatic ring is 1. The van der Waals surface area contributed by atoms with Crippen molar-refractivity contribution in [3.63, 3.8) is 0 Å². The number of hydrogen-bond donors (Lipinski definition) is 3. The number of hydrogen-bond acceptors (Lipinski definition) is 6. The highest BCUT2D eigenvalue weighted by Gasteiger charge is 2.21. The molecule has 4 rings (SSSR count). The molecule has 0 saturated carbocycles. The second kappa shape index (κ2) is 5.67. The summed E-state index contributed by atoms with van der Waals surface area (Å²) in [5, 5.41) is 12.0. The van der Waals surface area contributed by atoms with Crippen LogP contribution in [0.3, 0.4) is 0 Å². The molecule has 7 heteroatoms. The van der Waals surface area contributed by atoms with Gasteiger partial charge >= 0.3 is 0 Å². The van der Waals surface area contributed by atoms with Gasteiger partial charge in [-0.05, 0) is 51.0 Å². The zero-order valence-electron chi connectivity index (χ0n) is 15.1. The van der Waals surface area contributed by atoms with Gasteiger partial charge in [-0.3, -0.25) is 4.57 Å². The average molecular weight is 348 g/mol. The molecule has 0 aliphatic rings. The van der Waals surface area contributed by atoms with Crippen molar-refractivity contribution in [2.24, 2.45) is 5.84 Å². The van der Waals surface area contributed by atoms with E-state index < -0.39 is 0 Å². The minimum absolute atomic E-state index is 0.232. The molecule has 0 aliphatic heterocycles. The predicted octanol–water partition coefficient (Wildman–Crippen LogP) is 3.19. The van der Waals surface area contributed by atoms with Gasteiger partial charge in [-0.2, -0.15) is 0 Å². The first-order chi connectivity index (χ1) is 12.4. The molecule has 0 unspecified atom stereocenters. The summed E-state index contributed by atoms with van der Waals surface area (Å²) in [6.07, 6.45) is 1.47. The third kappa shape index (κ3) is 2.14. The van der Waals surface area contributed by atoms with Gasteiger partial charge in [0.15, 0.2) is 11.5 Å². The maximum Gasteiger partial charge on any atom is 0.153 e. The van der Waals surface area contributed by atoms with Crippen LogP contribution < -0.4 is 11.3 Å². The molecule has 132 valence electrons. The summed E-state index contributed by atoms with van der Waals surface area (Å²) in [4.78, 5) is 13.6. The quantitative estimate of drug-likeness (QED) is 0.380. The number of phenolic OH excluding ortho intramolecular Hbond substituents is 1. The third-order valence-corrected chi connectivity index (χ3v) is 4.93. The number of pyridine rings is 1. The van der Waals surface area contributed by atoms with Crippen LogP contribution in [0.5, 0.6) is 5.75 Å². The Morgan fingerprint density at radius 2 is 1.81 bits per heavy atom. The van der Waals surface area contributed by atoms with E-state index in [2.05, 4.69) is 21.5 Å². The molecule has 3 aromatic heterocycles. The molecule has 0 aliphatic carbocycles. The Kier molecular flexibility index (Phi) is 3.55. The normalized spacial score (nSPS) is 11.4. The van der Waals surface area contributed by atoms with Gasteiger partial charge in [-0.1, -0.05) is 6.07 Å². The first-order valence-corrected chi connectivity index (χ1v) is 8.33. The fraction of sp³-hybridized carbons (Fsp3) is 0.211. The van der Waals surface area contributed by atoms with Crippen molar-refractivity contribution in [3.8, 4) is 11.4 Å². The Morgan fingerprint density at radius 1 is 1.04 bits per heavy atom. The summed E-state index contributed by atoms with van der Waals surface area (Å²) in [7, 11) is 0. The van der Waals surface area contributed by atoms with Crippen molar-refractivity contribution in [3.05, 3.63) is 46.9 Å². The van der Waals surface area contributed by atoms with Gasteiger partial charge < -0.3 is 10.5 Å². The van der Waals surface area contributed by atoms with Crippen LogP contribution in [0, 0.1) is 27.7 Å². The molecule has 0 saturated heterocycles. The summed E-state index contributed by atoms with van der Waals surface area (Å²) < 4.78 is 1.98. The highest BCUT2D eigenvalue weighted by Crippen LogP contribution is 2.37. The minimum Gasteiger partial charge on any atom is -0.508 e. The smallest absolute Gasteiger partial charge is 0.153 e. The number of aryl methyl sites for hydroxylation is 3. The summed E-state index contributed by atoms with van der Waals surface area (Å²) in [6, 6.07) is 5.67. The molecular weight excluding hydrogens is 328 g/mol. The molecule has 1 aromatic carbocycles. The van der Waals surface area contributed by atoms with Crippen LogP contribution in [0.25, 0.3) is 27.8 Å². The number of benzene rings is 1. The van der Waals surface area contributed by atoms with Crippen molar-refractivity contribution < 1.29 is 5.11 Å². The summed E-state index contributed by atoms with van der Waals surface area (Å²) >= 11 is 0. The molecular formula is C19H20N6O. The molecule has 3 heterocycles. The largest absolute Gasteiger partial charge is 0.508 e. The Labute approximate surface area is 150 Å². The first-order valence-electron chi connectivity index (χ1n) is 8.33. The number of phenols is 1. The van der Waals surface area contributed by atoms with Gasteiger partial charge in [0, 0.05) is 16.6 Å². The number of aromatic hydroxyl groups is 1. The topological polar surface area (TPSA) is 102 Å². The summed E-state index contributed by atoms with van der Waals surface area (Å²) in [6.45, 7) is 7.89. The van der Waals surface area contributed by atoms with Crippen LogP contribution in [0.15, 0.2) is 24.5 Å². The summed E-state index contributed by atoms with van der Waals surface area (Å²) in [5.41, 5.74) is 8.77. The first kappa shape index (κ1) is 16.3. The maximum absolute atomic E-state index is 10.3. The van der Waals surface area contributed by atoms with Crippen LogP contribution in [0.4, 0.5) is 5.82 Å². The van der Waals surface area contributed by atoms with Crippen molar-refractivity contribution in [2.45, 2.75) is 27.7 Å². The number of fused-ring (bicyclic) bond motifs is 3. The van der Waals surface area contributed by atoms with E-state index >= 15 is 0 Å². The standard InChI is InChI=1S/C19H20N6O/c1-9-5-6-14(26)11(3)16(9)25-18-13(7-10(2)12(4)23-18)15-17(24-20)21-8-22-19(15)25/h5-8,26H,20H2,1-4H3,(H,21,22,24). The highest BCUT2D eigenvalue weighted by atomic mass is 16.3. The van der Waals surface area contributed by atoms with E-state index in [1.165, 1.54) is 6.33 Å². The Morgan fingerprint density at radius 3 is 2.54 bits per heavy atom. The van der Waals surface area contributed by atoms with Gasteiger partial charge in [0.25, 0.3) is 0 Å². The molecule has 4 aromatic rings. The number of nitrogens with two attached hydrogens (primary N) is 1. The molecule has 7 nitrogen and oxygen atoms in total. The van der Waals surface area contributed by atoms with Gasteiger partial charge in [-0.15, -0.1) is 0 Å². The van der Waals surface area contributed by atoms with Crippen LogP contribution >= 0.6 is 0 Å². The van der Waals surface area contributed by atoms with Crippen molar-refractivity contribution >= 4 is 27.9 Å². The SMILES string of the molecule is Cc1cc2c3c(NN)ncnc3n(-c3c(C)ccc(O)c3C)c2nc1C. The van der Waals surface area contributed by atoms with Gasteiger partial charge in [0.2, 0.25) is 0 Å². The number of nitrogens with one attached hydrogen (secondary N) is 1. The average Bonchev–Trinajstić information content (AvgIpc) is 2.93. The zero-order valence-corrected chi connectivity index (χ0v) is 15.1. The molecule has 0 amide bonds. The molecule has 0 radical (unpaired) electrons. The van der Waals surface area contributed by atoms with E-state index in [0.717, 1.165) is 44.5 Å². The third-order valence-electron chi connectivity index (χ3n) is 4.93. The van der Waals surface area contributed by atoms with Crippen molar-refractivity contribution in [1.29, 1.82) is 0 Å². The lowest BCUT2D eigenvalue weighted by Crippen LogP contribution is -2.09. The lowest BCUT2D eigenvalue weighted by Gasteiger charge is -2.14. The molecule has 0 spiro atoms. The van der Waals surface area contributed by atoms with Crippen LogP contribution in [-0.4, -0.2) is 24.6 Å². The Bertz CT molecular complexity index is 1180. The molecule has 26 heavy (non-hydrogen) atoms. The summed E-state index contributed by atoms with van der Waals surface area (Å²) in [5.74, 6) is 6.47. The number of hydrazine groups is 1. The number of nitrogens with zero attached hydrogens (tertiary/aromatic N) is 4. The predicted molar refractivity (Wildman–Crippen MR) is 103 cm³/mol. The molecule has 4 N–H and O–H groups in total. The van der Waals surface area contributed by atoms with Crippen molar-refractivity contribution in [2.75, 3.05) is 5.43 Å². The Balaban J connectivity index is 2.29. The van der Waals surface area contributed by atoms with Gasteiger partial charge in [0.05, 0.1) is 11.1 Å². The van der Waals surface area contributed by atoms with Crippen LogP contribution in [0.1, 0.15) is 22.4 Å². The van der Waals surface area contributed by atoms with E-state index in [1.807, 2.05) is 38.3 Å². The Hall–Kier alpha value is -3.19. The van der Waals surface area contributed by atoms with Gasteiger partial charge in [0.1, 0.15) is 17.7 Å². The van der Waals surface area contributed by atoms with Crippen LogP contribution in [-0.2, 0) is 0 Å². The van der Waals surface area contributed by atoms with Crippen LogP contribution in [0.2, 0.25) is 0 Å². The van der Waals surface area contributed by atoms with E-state index in [4.69, 9.17) is 10.8 Å². The van der Waals surface area contributed by atoms with Crippen molar-refractivity contribution in [1.82, 2.24) is 19.5 Å². The van der Waals surface area contributed by atoms with E-state index in [1.54, 1.807) is 6.07 Å². The van der Waals surface area contributed by atoms with E-state index in [-0.39, 0.29) is 5.75 Å². The van der Waals surface area contributed by atoms with E-state index in [9.17, 15) is 5.11 Å². The maximum atomic E-state index is 10.3. The fourth-order valence-electron chi connectivity index (χ4n) is 3.43. The molecule has 0 fully saturated rings. The second-order valence-corrected chi connectivity index (χ2v) is 6.54. The number of rotatable bonds is 2. The monoisotopic (exact) mass is 348 g/mol. The lowest BCUT2D eigenvalue weighted by molar-refractivity contribution is 0.470. The van der Waals surface area contributed by atoms with E-state index in [0.29, 0.717) is 11.5 Å². The zero-order chi connectivity index (χ0) is 18.6. The molecule has 0 bridgehead atoms. The fourth-order valence-corrected chi connectivity index (χ4v) is 3.43.